The molecule has 2 heterocycles. The van der Waals surface area contributed by atoms with Gasteiger partial charge in [0.25, 0.3) is 0 Å². The summed E-state index contributed by atoms with van der Waals surface area (Å²) in [4.78, 5) is 9.00. The standard InChI is InChI=1S/C25H24N2O2.2ClH/c1-18-6-3-9-22(14-18)29-23-11-10-19(24(16-23)28-2)15-20-7-5-13-27-25(20)21-8-4-12-26-17-21;;/h3-4,6,8-12,14-17H,5,7,13H2,1-2H3;2*1H/b20-15-;;. The lowest BCUT2D eigenvalue weighted by Gasteiger charge is -2.17. The second-order valence-corrected chi connectivity index (χ2v) is 7.07. The molecule has 0 saturated carbocycles. The van der Waals surface area contributed by atoms with Gasteiger partial charge in [-0.25, -0.2) is 0 Å². The molecule has 3 aromatic rings. The number of hydrogen-bond acceptors (Lipinski definition) is 4. The zero-order valence-corrected chi connectivity index (χ0v) is 19.2. The predicted octanol–water partition coefficient (Wildman–Crippen LogP) is 6.70. The highest BCUT2D eigenvalue weighted by atomic mass is 35.5. The fourth-order valence-electron chi connectivity index (χ4n) is 3.48. The largest absolute Gasteiger partial charge is 0.496 e. The number of aliphatic imine (C=N–C) groups is 1. The molecule has 4 nitrogen and oxygen atoms in total. The van der Waals surface area contributed by atoms with Crippen molar-refractivity contribution in [2.75, 3.05) is 13.7 Å². The fourth-order valence-corrected chi connectivity index (χ4v) is 3.48. The zero-order chi connectivity index (χ0) is 20.1. The summed E-state index contributed by atoms with van der Waals surface area (Å²) in [5.41, 5.74) is 5.45. The van der Waals surface area contributed by atoms with E-state index in [4.69, 9.17) is 14.5 Å². The van der Waals surface area contributed by atoms with Crippen LogP contribution in [-0.2, 0) is 0 Å². The van der Waals surface area contributed by atoms with Gasteiger partial charge in [0, 0.05) is 36.1 Å². The number of ether oxygens (including phenoxy) is 2. The summed E-state index contributed by atoms with van der Waals surface area (Å²) in [6, 6.07) is 17.9. The van der Waals surface area contributed by atoms with E-state index in [2.05, 4.69) is 17.1 Å². The van der Waals surface area contributed by atoms with Crippen LogP contribution in [0.3, 0.4) is 0 Å². The van der Waals surface area contributed by atoms with E-state index in [0.29, 0.717) is 0 Å². The number of methoxy groups -OCH3 is 1. The molecule has 0 atom stereocenters. The normalized spacial score (nSPS) is 14.1. The van der Waals surface area contributed by atoms with Crippen molar-refractivity contribution in [2.24, 2.45) is 4.99 Å². The summed E-state index contributed by atoms with van der Waals surface area (Å²) in [5, 5.41) is 0. The maximum absolute atomic E-state index is 6.00. The molecule has 0 radical (unpaired) electrons. The lowest BCUT2D eigenvalue weighted by Crippen LogP contribution is -2.12. The number of pyridine rings is 1. The van der Waals surface area contributed by atoms with E-state index in [1.54, 1.807) is 13.3 Å². The SMILES string of the molecule is COc1cc(Oc2cccc(C)c2)ccc1/C=C1/CCCN=C1c1cccnc1.Cl.Cl. The van der Waals surface area contributed by atoms with Crippen LogP contribution in [0.15, 0.2) is 77.6 Å². The molecule has 31 heavy (non-hydrogen) atoms. The summed E-state index contributed by atoms with van der Waals surface area (Å²) in [6.07, 6.45) is 7.85. The lowest BCUT2D eigenvalue weighted by molar-refractivity contribution is 0.408. The van der Waals surface area contributed by atoms with Crippen LogP contribution in [0.1, 0.15) is 29.5 Å². The van der Waals surface area contributed by atoms with Gasteiger partial charge < -0.3 is 9.47 Å². The second kappa shape index (κ2) is 11.5. The molecule has 0 spiro atoms. The number of benzene rings is 2. The van der Waals surface area contributed by atoms with Gasteiger partial charge in [0.05, 0.1) is 12.8 Å². The molecular weight excluding hydrogens is 431 g/mol. The van der Waals surface area contributed by atoms with Gasteiger partial charge in [0.1, 0.15) is 17.2 Å². The van der Waals surface area contributed by atoms with Crippen molar-refractivity contribution in [1.82, 2.24) is 4.98 Å². The first kappa shape index (κ1) is 24.4. The van der Waals surface area contributed by atoms with Gasteiger partial charge in [-0.1, -0.05) is 12.1 Å². The van der Waals surface area contributed by atoms with Crippen LogP contribution >= 0.6 is 24.8 Å². The van der Waals surface area contributed by atoms with Crippen LogP contribution in [0, 0.1) is 6.92 Å². The van der Waals surface area contributed by atoms with Crippen molar-refractivity contribution in [3.63, 3.8) is 0 Å². The third-order valence-corrected chi connectivity index (χ3v) is 4.87. The lowest BCUT2D eigenvalue weighted by atomic mass is 9.94. The van der Waals surface area contributed by atoms with Crippen molar-refractivity contribution in [1.29, 1.82) is 0 Å². The van der Waals surface area contributed by atoms with E-state index >= 15 is 0 Å². The van der Waals surface area contributed by atoms with E-state index in [1.165, 1.54) is 5.57 Å². The average Bonchev–Trinajstić information content (AvgIpc) is 2.76. The topological polar surface area (TPSA) is 43.7 Å². The van der Waals surface area contributed by atoms with E-state index in [0.717, 1.165) is 59.0 Å². The number of rotatable bonds is 5. The molecule has 1 aliphatic rings. The molecule has 6 heteroatoms. The highest BCUT2D eigenvalue weighted by molar-refractivity contribution is 6.15. The molecule has 0 aliphatic carbocycles. The first-order chi connectivity index (χ1) is 14.2. The van der Waals surface area contributed by atoms with Gasteiger partial charge in [0.2, 0.25) is 0 Å². The minimum atomic E-state index is 0. The predicted molar refractivity (Wildman–Crippen MR) is 132 cm³/mol. The first-order valence-corrected chi connectivity index (χ1v) is 9.81. The highest BCUT2D eigenvalue weighted by Crippen LogP contribution is 2.31. The van der Waals surface area contributed by atoms with Crippen LogP contribution in [0.25, 0.3) is 6.08 Å². The second-order valence-electron chi connectivity index (χ2n) is 7.07. The Bertz CT molecular complexity index is 1070. The average molecular weight is 457 g/mol. The number of nitrogens with zero attached hydrogens (tertiary/aromatic N) is 2. The van der Waals surface area contributed by atoms with Gasteiger partial charge in [-0.15, -0.1) is 24.8 Å². The van der Waals surface area contributed by atoms with Gasteiger partial charge in [0.15, 0.2) is 0 Å². The summed E-state index contributed by atoms with van der Waals surface area (Å²) in [6.45, 7) is 2.90. The Hall–Kier alpha value is -2.82. The van der Waals surface area contributed by atoms with E-state index < -0.39 is 0 Å². The van der Waals surface area contributed by atoms with Crippen LogP contribution in [0.5, 0.6) is 17.2 Å². The quantitative estimate of drug-likeness (QED) is 0.428. The van der Waals surface area contributed by atoms with E-state index in [1.807, 2.05) is 61.7 Å². The van der Waals surface area contributed by atoms with Gasteiger partial charge in [-0.3, -0.25) is 9.98 Å². The van der Waals surface area contributed by atoms with Crippen LogP contribution in [0.4, 0.5) is 0 Å². The van der Waals surface area contributed by atoms with Gasteiger partial charge in [-0.05, 0) is 73.4 Å². The molecule has 0 amide bonds. The number of aromatic nitrogens is 1. The third-order valence-electron chi connectivity index (χ3n) is 4.87. The Kier molecular flexibility index (Phi) is 9.10. The van der Waals surface area contributed by atoms with Crippen molar-refractivity contribution in [3.8, 4) is 17.2 Å². The minimum absolute atomic E-state index is 0. The maximum Gasteiger partial charge on any atom is 0.131 e. The molecule has 0 fully saturated rings. The van der Waals surface area contributed by atoms with Gasteiger partial charge >= 0.3 is 0 Å². The summed E-state index contributed by atoms with van der Waals surface area (Å²) < 4.78 is 11.7. The van der Waals surface area contributed by atoms with Crippen molar-refractivity contribution < 1.29 is 9.47 Å². The third kappa shape index (κ3) is 6.09. The molecule has 1 aliphatic heterocycles. The number of halogens is 2. The molecule has 0 unspecified atom stereocenters. The van der Waals surface area contributed by atoms with Crippen LogP contribution < -0.4 is 9.47 Å². The number of hydrogen-bond donors (Lipinski definition) is 0. The zero-order valence-electron chi connectivity index (χ0n) is 17.6. The van der Waals surface area contributed by atoms with Crippen molar-refractivity contribution in [3.05, 3.63) is 89.3 Å². The molecule has 162 valence electrons. The van der Waals surface area contributed by atoms with E-state index in [-0.39, 0.29) is 24.8 Å². The monoisotopic (exact) mass is 456 g/mol. The Morgan fingerprint density at radius 2 is 1.81 bits per heavy atom. The Labute approximate surface area is 195 Å². The summed E-state index contributed by atoms with van der Waals surface area (Å²) in [7, 11) is 1.69. The van der Waals surface area contributed by atoms with Crippen molar-refractivity contribution in [2.45, 2.75) is 19.8 Å². The number of aryl methyl sites for hydroxylation is 1. The smallest absolute Gasteiger partial charge is 0.131 e. The van der Waals surface area contributed by atoms with Crippen LogP contribution in [-0.4, -0.2) is 24.4 Å². The molecule has 0 N–H and O–H groups in total. The molecular formula is C25H26Cl2N2O2. The van der Waals surface area contributed by atoms with Crippen LogP contribution in [0.2, 0.25) is 0 Å². The Balaban J connectivity index is 0.00000171. The highest BCUT2D eigenvalue weighted by Gasteiger charge is 2.15. The summed E-state index contributed by atoms with van der Waals surface area (Å²) in [5.74, 6) is 2.34. The fraction of sp³-hybridized carbons (Fsp3) is 0.200. The minimum Gasteiger partial charge on any atom is -0.496 e. The first-order valence-electron chi connectivity index (χ1n) is 9.81. The molecule has 2 aromatic carbocycles. The molecule has 0 bridgehead atoms. The maximum atomic E-state index is 6.00. The number of allylic oxidation sites excluding steroid dienone is 1. The van der Waals surface area contributed by atoms with Crippen molar-refractivity contribution >= 4 is 36.6 Å². The van der Waals surface area contributed by atoms with Gasteiger partial charge in [-0.2, -0.15) is 0 Å². The van der Waals surface area contributed by atoms with E-state index in [9.17, 15) is 0 Å². The Morgan fingerprint density at radius 1 is 0.968 bits per heavy atom. The summed E-state index contributed by atoms with van der Waals surface area (Å²) >= 11 is 0. The molecule has 4 rings (SSSR count). The molecule has 0 saturated heterocycles. The molecule has 1 aromatic heterocycles. The Morgan fingerprint density at radius 3 is 2.55 bits per heavy atom.